The van der Waals surface area contributed by atoms with Crippen LogP contribution in [-0.2, 0) is 12.8 Å². The molecule has 1 aromatic heterocycles. The van der Waals surface area contributed by atoms with Gasteiger partial charge in [-0.3, -0.25) is 0 Å². The molecule has 0 unspecified atom stereocenters. The molecular weight excluding hydrogens is 260 g/mol. The lowest BCUT2D eigenvalue weighted by Crippen LogP contribution is -2.22. The highest BCUT2D eigenvalue weighted by Crippen LogP contribution is 2.27. The third-order valence-electron chi connectivity index (χ3n) is 3.83. The molecule has 1 N–H and O–H groups in total. The fourth-order valence-electron chi connectivity index (χ4n) is 2.57. The number of aromatic nitrogens is 3. The van der Waals surface area contributed by atoms with E-state index in [0.717, 1.165) is 43.6 Å². The third kappa shape index (κ3) is 4.03. The van der Waals surface area contributed by atoms with E-state index in [0.29, 0.717) is 17.2 Å². The molecule has 19 heavy (non-hydrogen) atoms. The Balaban J connectivity index is 1.89. The second kappa shape index (κ2) is 7.04. The minimum atomic E-state index is 0.379. The Morgan fingerprint density at radius 3 is 2.37 bits per heavy atom. The van der Waals surface area contributed by atoms with Gasteiger partial charge in [0.05, 0.1) is 11.4 Å². The van der Waals surface area contributed by atoms with Crippen LogP contribution in [0, 0.1) is 5.92 Å². The van der Waals surface area contributed by atoms with E-state index in [1.54, 1.807) is 0 Å². The molecule has 106 valence electrons. The summed E-state index contributed by atoms with van der Waals surface area (Å²) in [5, 5.41) is 12.1. The van der Waals surface area contributed by atoms with Crippen molar-refractivity contribution >= 4 is 17.5 Å². The lowest BCUT2D eigenvalue weighted by atomic mass is 9.89. The molecule has 0 saturated heterocycles. The Morgan fingerprint density at radius 1 is 1.05 bits per heavy atom. The van der Waals surface area contributed by atoms with Gasteiger partial charge in [-0.25, -0.2) is 4.98 Å². The van der Waals surface area contributed by atoms with Crippen molar-refractivity contribution in [2.75, 3.05) is 11.9 Å². The minimum absolute atomic E-state index is 0.379. The fourth-order valence-corrected chi connectivity index (χ4v) is 2.83. The van der Waals surface area contributed by atoms with Gasteiger partial charge in [0.25, 0.3) is 0 Å². The van der Waals surface area contributed by atoms with Gasteiger partial charge in [-0.1, -0.05) is 13.8 Å². The van der Waals surface area contributed by atoms with Crippen molar-refractivity contribution in [1.82, 2.24) is 15.2 Å². The molecule has 0 radical (unpaired) electrons. The van der Waals surface area contributed by atoms with Gasteiger partial charge in [-0.05, 0) is 44.4 Å². The highest BCUT2D eigenvalue weighted by molar-refractivity contribution is 6.20. The zero-order valence-corrected chi connectivity index (χ0v) is 12.6. The van der Waals surface area contributed by atoms with Crippen LogP contribution in [0.1, 0.15) is 50.9 Å². The summed E-state index contributed by atoms with van der Waals surface area (Å²) in [5.74, 6) is 1.36. The summed E-state index contributed by atoms with van der Waals surface area (Å²) >= 11 is 6.12. The Morgan fingerprint density at radius 2 is 1.74 bits per heavy atom. The summed E-state index contributed by atoms with van der Waals surface area (Å²) in [5.41, 5.74) is 2.07. The predicted octanol–water partition coefficient (Wildman–Crippen LogP) is 3.21. The summed E-state index contributed by atoms with van der Waals surface area (Å²) in [7, 11) is 0. The Bertz CT molecular complexity index is 402. The summed E-state index contributed by atoms with van der Waals surface area (Å²) in [6, 6.07) is 0. The number of nitrogens with zero attached hydrogens (tertiary/aromatic N) is 3. The molecule has 1 heterocycles. The second-order valence-corrected chi connectivity index (χ2v) is 5.85. The van der Waals surface area contributed by atoms with Gasteiger partial charge < -0.3 is 5.32 Å². The van der Waals surface area contributed by atoms with Crippen LogP contribution in [0.15, 0.2) is 0 Å². The topological polar surface area (TPSA) is 50.7 Å². The fraction of sp³-hybridized carbons (Fsp3) is 0.786. The van der Waals surface area contributed by atoms with E-state index in [4.69, 9.17) is 11.6 Å². The summed E-state index contributed by atoms with van der Waals surface area (Å²) in [6.45, 7) is 5.12. The quantitative estimate of drug-likeness (QED) is 0.843. The molecule has 5 heteroatoms. The van der Waals surface area contributed by atoms with Crippen LogP contribution < -0.4 is 5.32 Å². The van der Waals surface area contributed by atoms with Gasteiger partial charge >= 0.3 is 0 Å². The maximum absolute atomic E-state index is 6.12. The van der Waals surface area contributed by atoms with Crippen LogP contribution in [-0.4, -0.2) is 27.1 Å². The van der Waals surface area contributed by atoms with E-state index >= 15 is 0 Å². The van der Waals surface area contributed by atoms with Crippen LogP contribution in [0.4, 0.5) is 5.95 Å². The van der Waals surface area contributed by atoms with Crippen molar-refractivity contribution in [2.45, 2.75) is 57.7 Å². The van der Waals surface area contributed by atoms with Gasteiger partial charge in [0.1, 0.15) is 0 Å². The average Bonchev–Trinajstić information content (AvgIpc) is 2.46. The number of nitrogens with one attached hydrogen (secondary N) is 1. The van der Waals surface area contributed by atoms with E-state index in [1.165, 1.54) is 12.8 Å². The third-order valence-corrected chi connectivity index (χ3v) is 4.27. The zero-order chi connectivity index (χ0) is 13.7. The molecule has 0 atom stereocenters. The van der Waals surface area contributed by atoms with Gasteiger partial charge in [-0.2, -0.15) is 5.10 Å². The van der Waals surface area contributed by atoms with Crippen LogP contribution in [0.5, 0.6) is 0 Å². The van der Waals surface area contributed by atoms with Crippen LogP contribution in [0.3, 0.4) is 0 Å². The molecule has 0 bridgehead atoms. The van der Waals surface area contributed by atoms with Crippen molar-refractivity contribution in [1.29, 1.82) is 0 Å². The molecule has 0 amide bonds. The first-order valence-corrected chi connectivity index (χ1v) is 7.77. The van der Waals surface area contributed by atoms with Crippen molar-refractivity contribution in [3.8, 4) is 0 Å². The maximum Gasteiger partial charge on any atom is 0.242 e. The molecule has 0 aliphatic heterocycles. The van der Waals surface area contributed by atoms with E-state index in [-0.39, 0.29) is 0 Å². The summed E-state index contributed by atoms with van der Waals surface area (Å²) in [6.07, 6.45) is 6.45. The van der Waals surface area contributed by atoms with E-state index in [2.05, 4.69) is 34.3 Å². The minimum Gasteiger partial charge on any atom is -0.353 e. The molecular formula is C14H23ClN4. The first-order valence-electron chi connectivity index (χ1n) is 7.33. The van der Waals surface area contributed by atoms with Crippen molar-refractivity contribution < 1.29 is 0 Å². The molecule has 1 saturated carbocycles. The molecule has 0 spiro atoms. The van der Waals surface area contributed by atoms with Gasteiger partial charge in [-0.15, -0.1) is 16.7 Å². The second-order valence-electron chi connectivity index (χ2n) is 5.23. The van der Waals surface area contributed by atoms with Gasteiger partial charge in [0.15, 0.2) is 0 Å². The number of alkyl halides is 1. The molecule has 1 fully saturated rings. The number of rotatable bonds is 5. The highest BCUT2D eigenvalue weighted by atomic mass is 35.5. The summed E-state index contributed by atoms with van der Waals surface area (Å²) < 4.78 is 0. The average molecular weight is 283 g/mol. The first kappa shape index (κ1) is 14.5. The van der Waals surface area contributed by atoms with Crippen LogP contribution >= 0.6 is 11.6 Å². The number of anilines is 1. The molecule has 1 aliphatic rings. The molecule has 1 aromatic rings. The standard InChI is InChI=1S/C14H23ClN4/c1-3-12-13(4-2)18-19-14(17-12)16-9-10-5-7-11(15)8-6-10/h10-11H,3-9H2,1-2H3,(H,16,17,19). The van der Waals surface area contributed by atoms with Crippen LogP contribution in [0.2, 0.25) is 0 Å². The molecule has 0 aromatic carbocycles. The van der Waals surface area contributed by atoms with Crippen molar-refractivity contribution in [2.24, 2.45) is 5.92 Å². The molecule has 4 nitrogen and oxygen atoms in total. The maximum atomic E-state index is 6.12. The van der Waals surface area contributed by atoms with E-state index in [9.17, 15) is 0 Å². The number of hydrogen-bond acceptors (Lipinski definition) is 4. The number of aryl methyl sites for hydroxylation is 2. The normalized spacial score (nSPS) is 23.3. The Hall–Kier alpha value is -0.900. The van der Waals surface area contributed by atoms with Crippen molar-refractivity contribution in [3.05, 3.63) is 11.4 Å². The first-order chi connectivity index (χ1) is 9.22. The largest absolute Gasteiger partial charge is 0.353 e. The molecule has 1 aliphatic carbocycles. The van der Waals surface area contributed by atoms with Crippen LogP contribution in [0.25, 0.3) is 0 Å². The molecule has 2 rings (SSSR count). The van der Waals surface area contributed by atoms with Gasteiger partial charge in [0.2, 0.25) is 5.95 Å². The smallest absolute Gasteiger partial charge is 0.242 e. The zero-order valence-electron chi connectivity index (χ0n) is 11.8. The number of hydrogen-bond donors (Lipinski definition) is 1. The summed E-state index contributed by atoms with van der Waals surface area (Å²) in [4.78, 5) is 4.55. The SMILES string of the molecule is CCc1nnc(NCC2CCC(Cl)CC2)nc1CC. The van der Waals surface area contributed by atoms with Crippen molar-refractivity contribution in [3.63, 3.8) is 0 Å². The lowest BCUT2D eigenvalue weighted by Gasteiger charge is -2.25. The lowest BCUT2D eigenvalue weighted by molar-refractivity contribution is 0.377. The van der Waals surface area contributed by atoms with Gasteiger partial charge in [0, 0.05) is 11.9 Å². The Kier molecular flexibility index (Phi) is 5.37. The number of halogens is 1. The monoisotopic (exact) mass is 282 g/mol. The van der Waals surface area contributed by atoms with E-state index < -0.39 is 0 Å². The Labute approximate surface area is 120 Å². The highest BCUT2D eigenvalue weighted by Gasteiger charge is 2.19. The van der Waals surface area contributed by atoms with E-state index in [1.807, 2.05) is 0 Å². The predicted molar refractivity (Wildman–Crippen MR) is 78.7 cm³/mol.